The summed E-state index contributed by atoms with van der Waals surface area (Å²) in [5.74, 6) is 5.23. The predicted molar refractivity (Wildman–Crippen MR) is 72.2 cm³/mol. The molecule has 0 N–H and O–H groups in total. The van der Waals surface area contributed by atoms with Gasteiger partial charge in [-0.3, -0.25) is 9.17 Å². The summed E-state index contributed by atoms with van der Waals surface area (Å²) in [6, 6.07) is 5.15. The van der Waals surface area contributed by atoms with E-state index in [4.69, 9.17) is 11.6 Å². The Bertz CT molecular complexity index is 778. The number of hydrogen-bond acceptors (Lipinski definition) is 5. The molecule has 0 fully saturated rings. The van der Waals surface area contributed by atoms with Crippen molar-refractivity contribution in [1.82, 2.24) is 9.97 Å². The van der Waals surface area contributed by atoms with Crippen LogP contribution in [0.1, 0.15) is 5.69 Å². The molecule has 0 radical (unpaired) electrons. The zero-order valence-corrected chi connectivity index (χ0v) is 11.5. The van der Waals surface area contributed by atoms with E-state index in [1.165, 1.54) is 6.20 Å². The Morgan fingerprint density at radius 2 is 2.16 bits per heavy atom. The average Bonchev–Trinajstić information content (AvgIpc) is 2.33. The number of halogens is 1. The maximum Gasteiger partial charge on any atom is 0.265 e. The number of rotatable bonds is 2. The van der Waals surface area contributed by atoms with Crippen LogP contribution < -0.4 is 0 Å². The van der Waals surface area contributed by atoms with E-state index in [0.29, 0.717) is 21.7 Å². The van der Waals surface area contributed by atoms with E-state index < -0.39 is 10.1 Å². The molecule has 98 valence electrons. The first kappa shape index (κ1) is 13.7. The fourth-order valence-corrected chi connectivity index (χ4v) is 1.75. The van der Waals surface area contributed by atoms with Crippen molar-refractivity contribution >= 4 is 32.8 Å². The Labute approximate surface area is 115 Å². The minimum absolute atomic E-state index is 0.209. The number of nitrogens with zero attached hydrogens (tertiary/aromatic N) is 2. The van der Waals surface area contributed by atoms with Crippen LogP contribution in [0.25, 0.3) is 11.0 Å². The number of fused-ring (bicyclic) bond motifs is 1. The summed E-state index contributed by atoms with van der Waals surface area (Å²) in [6.07, 6.45) is 2.46. The van der Waals surface area contributed by atoms with Crippen molar-refractivity contribution in [3.05, 3.63) is 35.1 Å². The molecule has 2 aromatic rings. The van der Waals surface area contributed by atoms with Crippen LogP contribution in [0.3, 0.4) is 0 Å². The SMILES string of the molecule is CS(=O)(=O)OCC#Cc1cnc2cc(Cl)ccc2n1. The van der Waals surface area contributed by atoms with Gasteiger partial charge in [-0.1, -0.05) is 17.5 Å². The molecule has 5 nitrogen and oxygen atoms in total. The molecule has 1 heterocycles. The first-order chi connectivity index (χ1) is 8.94. The summed E-state index contributed by atoms with van der Waals surface area (Å²) >= 11 is 5.83. The van der Waals surface area contributed by atoms with Crippen molar-refractivity contribution in [3.8, 4) is 11.8 Å². The highest BCUT2D eigenvalue weighted by Crippen LogP contribution is 2.15. The van der Waals surface area contributed by atoms with Crippen LogP contribution in [-0.2, 0) is 14.3 Å². The summed E-state index contributed by atoms with van der Waals surface area (Å²) in [5.41, 5.74) is 1.78. The number of benzene rings is 1. The first-order valence-electron chi connectivity index (χ1n) is 5.20. The van der Waals surface area contributed by atoms with Gasteiger partial charge in [0, 0.05) is 5.02 Å². The highest BCUT2D eigenvalue weighted by molar-refractivity contribution is 7.86. The Morgan fingerprint density at radius 1 is 1.37 bits per heavy atom. The van der Waals surface area contributed by atoms with E-state index in [1.54, 1.807) is 18.2 Å². The van der Waals surface area contributed by atoms with Gasteiger partial charge in [-0.15, -0.1) is 0 Å². The summed E-state index contributed by atoms with van der Waals surface area (Å²) < 4.78 is 25.9. The van der Waals surface area contributed by atoms with E-state index in [-0.39, 0.29) is 6.61 Å². The Kier molecular flexibility index (Phi) is 4.00. The smallest absolute Gasteiger partial charge is 0.257 e. The lowest BCUT2D eigenvalue weighted by molar-refractivity contribution is 0.368. The lowest BCUT2D eigenvalue weighted by Crippen LogP contribution is -2.02. The molecule has 7 heteroatoms. The Hall–Kier alpha value is -1.68. The summed E-state index contributed by atoms with van der Waals surface area (Å²) in [5, 5.41) is 0.585. The molecule has 0 unspecified atom stereocenters. The van der Waals surface area contributed by atoms with Gasteiger partial charge >= 0.3 is 0 Å². The van der Waals surface area contributed by atoms with Gasteiger partial charge < -0.3 is 0 Å². The van der Waals surface area contributed by atoms with Crippen molar-refractivity contribution < 1.29 is 12.6 Å². The van der Waals surface area contributed by atoms with Gasteiger partial charge in [-0.2, -0.15) is 8.42 Å². The van der Waals surface area contributed by atoms with Crippen LogP contribution >= 0.6 is 11.6 Å². The maximum atomic E-state index is 10.7. The monoisotopic (exact) mass is 296 g/mol. The van der Waals surface area contributed by atoms with Gasteiger partial charge in [0.05, 0.1) is 23.5 Å². The van der Waals surface area contributed by atoms with Gasteiger partial charge in [0.1, 0.15) is 12.3 Å². The molecule has 1 aromatic carbocycles. The molecule has 0 bridgehead atoms. The van der Waals surface area contributed by atoms with Crippen molar-refractivity contribution in [2.45, 2.75) is 0 Å². The third-order valence-corrected chi connectivity index (χ3v) is 2.85. The second-order valence-corrected chi connectivity index (χ2v) is 5.74. The lowest BCUT2D eigenvalue weighted by atomic mass is 10.3. The zero-order chi connectivity index (χ0) is 13.9. The topological polar surface area (TPSA) is 69.2 Å². The lowest BCUT2D eigenvalue weighted by Gasteiger charge is -1.97. The average molecular weight is 297 g/mol. The minimum Gasteiger partial charge on any atom is -0.257 e. The summed E-state index contributed by atoms with van der Waals surface area (Å²) in [6.45, 7) is -0.209. The van der Waals surface area contributed by atoms with Crippen molar-refractivity contribution in [1.29, 1.82) is 0 Å². The molecule has 0 saturated heterocycles. The van der Waals surface area contributed by atoms with Crippen LogP contribution in [0.5, 0.6) is 0 Å². The van der Waals surface area contributed by atoms with E-state index in [1.807, 2.05) is 0 Å². The largest absolute Gasteiger partial charge is 0.265 e. The normalized spacial score (nSPS) is 11.1. The standard InChI is InChI=1S/C12H9ClN2O3S/c1-19(16,17)18-6-2-3-10-8-14-12-7-9(13)4-5-11(12)15-10/h4-5,7-8H,6H2,1H3. The van der Waals surface area contributed by atoms with E-state index >= 15 is 0 Å². The molecule has 0 spiro atoms. The van der Waals surface area contributed by atoms with Gasteiger partial charge in [-0.25, -0.2) is 4.98 Å². The third-order valence-electron chi connectivity index (χ3n) is 2.07. The molecule has 0 saturated carbocycles. The minimum atomic E-state index is -3.47. The molecule has 0 aliphatic rings. The van der Waals surface area contributed by atoms with E-state index in [0.717, 1.165) is 6.26 Å². The number of aromatic nitrogens is 2. The highest BCUT2D eigenvalue weighted by Gasteiger charge is 1.99. The van der Waals surface area contributed by atoms with Gasteiger partial charge in [0.25, 0.3) is 10.1 Å². The van der Waals surface area contributed by atoms with E-state index in [9.17, 15) is 8.42 Å². The molecular weight excluding hydrogens is 288 g/mol. The molecule has 0 atom stereocenters. The predicted octanol–water partition coefficient (Wildman–Crippen LogP) is 1.61. The van der Waals surface area contributed by atoms with Crippen LogP contribution in [0, 0.1) is 11.8 Å². The van der Waals surface area contributed by atoms with Crippen LogP contribution in [0.4, 0.5) is 0 Å². The Morgan fingerprint density at radius 3 is 2.89 bits per heavy atom. The van der Waals surface area contributed by atoms with Crippen LogP contribution in [-0.4, -0.2) is 31.2 Å². The van der Waals surface area contributed by atoms with Gasteiger partial charge in [0.2, 0.25) is 0 Å². The zero-order valence-electron chi connectivity index (χ0n) is 9.92. The molecule has 19 heavy (non-hydrogen) atoms. The molecule has 0 amide bonds. The van der Waals surface area contributed by atoms with Crippen LogP contribution in [0.2, 0.25) is 5.02 Å². The van der Waals surface area contributed by atoms with Crippen molar-refractivity contribution in [2.24, 2.45) is 0 Å². The maximum absolute atomic E-state index is 10.7. The van der Waals surface area contributed by atoms with Crippen LogP contribution in [0.15, 0.2) is 24.4 Å². The second kappa shape index (κ2) is 5.53. The van der Waals surface area contributed by atoms with Gasteiger partial charge in [0.15, 0.2) is 0 Å². The summed E-state index contributed by atoms with van der Waals surface area (Å²) in [7, 11) is -3.47. The fraction of sp³-hybridized carbons (Fsp3) is 0.167. The summed E-state index contributed by atoms with van der Waals surface area (Å²) in [4.78, 5) is 8.41. The molecule has 0 aliphatic carbocycles. The first-order valence-corrected chi connectivity index (χ1v) is 7.39. The van der Waals surface area contributed by atoms with Crippen molar-refractivity contribution in [2.75, 3.05) is 12.9 Å². The van der Waals surface area contributed by atoms with E-state index in [2.05, 4.69) is 26.0 Å². The third kappa shape index (κ3) is 4.17. The Balaban J connectivity index is 2.18. The highest BCUT2D eigenvalue weighted by atomic mass is 35.5. The molecule has 1 aromatic heterocycles. The fourth-order valence-electron chi connectivity index (χ4n) is 1.31. The van der Waals surface area contributed by atoms with Crippen molar-refractivity contribution in [3.63, 3.8) is 0 Å². The molecular formula is C12H9ClN2O3S. The second-order valence-electron chi connectivity index (χ2n) is 3.66. The van der Waals surface area contributed by atoms with Gasteiger partial charge in [-0.05, 0) is 24.1 Å². The number of hydrogen-bond donors (Lipinski definition) is 0. The molecule has 0 aliphatic heterocycles. The quantitative estimate of drug-likeness (QED) is 0.622. The molecule has 2 rings (SSSR count).